The lowest BCUT2D eigenvalue weighted by molar-refractivity contribution is -0.150. The number of carbonyl (C=O) groups excluding carboxylic acids is 3. The van der Waals surface area contributed by atoms with Crippen LogP contribution in [0.3, 0.4) is 0 Å². The molecule has 67 heavy (non-hydrogen) atoms. The number of fused-ring (bicyclic) bond motifs is 2. The highest BCUT2D eigenvalue weighted by molar-refractivity contribution is 5.98. The molecule has 2 saturated carbocycles. The van der Waals surface area contributed by atoms with Gasteiger partial charge in [-0.25, -0.2) is 0 Å². The molecule has 2 saturated heterocycles. The summed E-state index contributed by atoms with van der Waals surface area (Å²) < 4.78 is 22.7. The molecule has 0 radical (unpaired) electrons. The maximum Gasteiger partial charge on any atom is 0.309 e. The number of carbonyl (C=O) groups is 3. The van der Waals surface area contributed by atoms with Crippen molar-refractivity contribution < 1.29 is 33.3 Å². The zero-order valence-electron chi connectivity index (χ0n) is 42.2. The molecule has 9 nitrogen and oxygen atoms in total. The van der Waals surface area contributed by atoms with Gasteiger partial charge in [-0.3, -0.25) is 19.3 Å². The monoisotopic (exact) mass is 919 g/mol. The van der Waals surface area contributed by atoms with E-state index in [0.29, 0.717) is 36.3 Å². The number of benzene rings is 4. The molecule has 0 aromatic heterocycles. The first-order valence-electron chi connectivity index (χ1n) is 25.7. The number of esters is 2. The van der Waals surface area contributed by atoms with Gasteiger partial charge >= 0.3 is 11.9 Å². The molecule has 1 N–H and O–H groups in total. The van der Waals surface area contributed by atoms with Gasteiger partial charge in [-0.1, -0.05) is 84.0 Å². The van der Waals surface area contributed by atoms with E-state index in [9.17, 15) is 14.4 Å². The third kappa shape index (κ3) is 15.3. The van der Waals surface area contributed by atoms with Crippen molar-refractivity contribution in [1.82, 2.24) is 10.2 Å². The molecule has 4 aromatic carbocycles. The Kier molecular flexibility index (Phi) is 19.1. The average Bonchev–Trinajstić information content (AvgIpc) is 3.32. The molecule has 2 heterocycles. The SMILES string of the molecule is CC(C)(C)C1CCC(Oc2ccc3c(C=O)cccc3c2)CC1.CCOC(=O)C1CCN(Cc2cccc3cc(OC4CCC(C(C)(C)C)CC4)ccc23)CC1.CCOC(=O)C1CCNCC1. The summed E-state index contributed by atoms with van der Waals surface area (Å²) in [6.07, 6.45) is 14.8. The quantitative estimate of drug-likeness (QED) is 0.116. The van der Waals surface area contributed by atoms with Gasteiger partial charge in [-0.15, -0.1) is 0 Å². The van der Waals surface area contributed by atoms with E-state index in [4.69, 9.17) is 18.9 Å². The largest absolute Gasteiger partial charge is 0.490 e. The zero-order chi connectivity index (χ0) is 48.0. The number of nitrogens with one attached hydrogen (secondary N) is 1. The van der Waals surface area contributed by atoms with Crippen molar-refractivity contribution in [3.05, 3.63) is 83.9 Å². The van der Waals surface area contributed by atoms with Gasteiger partial charge in [0.2, 0.25) is 0 Å². The summed E-state index contributed by atoms with van der Waals surface area (Å²) in [6.45, 7) is 23.5. The molecular formula is C58H82N2O7. The first kappa shape index (κ1) is 51.9. The third-order valence-electron chi connectivity index (χ3n) is 14.9. The van der Waals surface area contributed by atoms with Crippen molar-refractivity contribution in [3.63, 3.8) is 0 Å². The van der Waals surface area contributed by atoms with Gasteiger partial charge in [-0.2, -0.15) is 0 Å². The summed E-state index contributed by atoms with van der Waals surface area (Å²) in [4.78, 5) is 36.7. The van der Waals surface area contributed by atoms with Crippen LogP contribution >= 0.6 is 0 Å². The fourth-order valence-electron chi connectivity index (χ4n) is 10.6. The Bertz CT molecular complexity index is 2180. The molecule has 4 fully saturated rings. The second-order valence-corrected chi connectivity index (χ2v) is 21.6. The average molecular weight is 919 g/mol. The Balaban J connectivity index is 0.000000188. The fraction of sp³-hybridized carbons (Fsp3) is 0.603. The normalized spacial score (nSPS) is 22.1. The number of ether oxygens (including phenoxy) is 4. The summed E-state index contributed by atoms with van der Waals surface area (Å²) in [7, 11) is 0. The van der Waals surface area contributed by atoms with E-state index in [1.165, 1.54) is 42.0 Å². The van der Waals surface area contributed by atoms with Crippen molar-refractivity contribution in [2.24, 2.45) is 34.5 Å². The van der Waals surface area contributed by atoms with Crippen LogP contribution in [0.15, 0.2) is 72.8 Å². The van der Waals surface area contributed by atoms with Crippen LogP contribution in [0.25, 0.3) is 21.5 Å². The minimum Gasteiger partial charge on any atom is -0.490 e. The smallest absolute Gasteiger partial charge is 0.309 e. The minimum atomic E-state index is -0.0262. The molecule has 366 valence electrons. The summed E-state index contributed by atoms with van der Waals surface area (Å²) in [5, 5.41) is 7.81. The molecule has 0 amide bonds. The Labute approximate surface area is 402 Å². The Morgan fingerprint density at radius 2 is 1.06 bits per heavy atom. The lowest BCUT2D eigenvalue weighted by Crippen LogP contribution is -2.36. The van der Waals surface area contributed by atoms with Crippen molar-refractivity contribution in [1.29, 1.82) is 0 Å². The van der Waals surface area contributed by atoms with Crippen LogP contribution in [-0.4, -0.2) is 74.7 Å². The van der Waals surface area contributed by atoms with E-state index in [2.05, 4.69) is 94.2 Å². The minimum absolute atomic E-state index is 0.0194. The number of piperidine rings is 2. The molecular weight excluding hydrogens is 837 g/mol. The topological polar surface area (TPSA) is 103 Å². The maximum absolute atomic E-state index is 12.0. The lowest BCUT2D eigenvalue weighted by Gasteiger charge is -2.37. The van der Waals surface area contributed by atoms with E-state index in [1.807, 2.05) is 44.2 Å². The van der Waals surface area contributed by atoms with Crippen molar-refractivity contribution >= 4 is 39.8 Å². The standard InChI is InChI=1S/C29H41NO3.C21H26O2.C8H15NO2/c1-5-32-28(31)21-15-17-30(18-16-21)20-23-8-6-7-22-19-26(13-14-27(22)23)33-25-11-9-24(10-12-25)29(2,3)4;1-21(2,3)17-7-9-18(10-8-17)23-19-11-12-20-15(13-19)5-4-6-16(20)14-22;1-2-11-8(10)7-3-5-9-6-4-7/h6-8,13-14,19,21,24-25H,5,9-12,15-18,20H2,1-4H3;4-6,11-14,17-18H,7-10H2,1-3H3;7,9H,2-6H2,1H3. The van der Waals surface area contributed by atoms with Gasteiger partial charge in [0, 0.05) is 12.1 Å². The lowest BCUT2D eigenvalue weighted by atomic mass is 9.72. The van der Waals surface area contributed by atoms with E-state index in [-0.39, 0.29) is 23.8 Å². The first-order valence-corrected chi connectivity index (χ1v) is 25.7. The Morgan fingerprint density at radius 3 is 1.54 bits per heavy atom. The molecule has 4 aromatic rings. The van der Waals surface area contributed by atoms with Crippen molar-refractivity contribution in [3.8, 4) is 11.5 Å². The maximum atomic E-state index is 12.0. The van der Waals surface area contributed by atoms with Crippen LogP contribution in [0.4, 0.5) is 0 Å². The van der Waals surface area contributed by atoms with Gasteiger partial charge < -0.3 is 24.3 Å². The zero-order valence-corrected chi connectivity index (χ0v) is 42.2. The molecule has 0 bridgehead atoms. The molecule has 2 aliphatic carbocycles. The van der Waals surface area contributed by atoms with Gasteiger partial charge in [0.05, 0.1) is 37.3 Å². The summed E-state index contributed by atoms with van der Waals surface area (Å²) >= 11 is 0. The van der Waals surface area contributed by atoms with Gasteiger partial charge in [0.25, 0.3) is 0 Å². The number of likely N-dealkylation sites (tertiary alicyclic amines) is 1. The second-order valence-electron chi connectivity index (χ2n) is 21.6. The summed E-state index contributed by atoms with van der Waals surface area (Å²) in [5.74, 6) is 3.68. The van der Waals surface area contributed by atoms with Gasteiger partial charge in [0.15, 0.2) is 6.29 Å². The number of nitrogens with zero attached hydrogens (tertiary/aromatic N) is 1. The van der Waals surface area contributed by atoms with Crippen LogP contribution < -0.4 is 14.8 Å². The number of hydrogen-bond donors (Lipinski definition) is 1. The highest BCUT2D eigenvalue weighted by Crippen LogP contribution is 2.40. The Hall–Kier alpha value is -4.47. The summed E-state index contributed by atoms with van der Waals surface area (Å²) in [6, 6.07) is 25.0. The fourth-order valence-corrected chi connectivity index (χ4v) is 10.6. The number of aldehydes is 1. The highest BCUT2D eigenvalue weighted by atomic mass is 16.5. The van der Waals surface area contributed by atoms with Crippen LogP contribution in [0.1, 0.15) is 148 Å². The van der Waals surface area contributed by atoms with Crippen molar-refractivity contribution in [2.75, 3.05) is 39.4 Å². The molecule has 9 heteroatoms. The number of hydrogen-bond acceptors (Lipinski definition) is 9. The first-order chi connectivity index (χ1) is 32.1. The second kappa shape index (κ2) is 24.7. The van der Waals surface area contributed by atoms with E-state index < -0.39 is 0 Å². The Morgan fingerprint density at radius 1 is 0.597 bits per heavy atom. The van der Waals surface area contributed by atoms with Gasteiger partial charge in [0.1, 0.15) is 11.5 Å². The van der Waals surface area contributed by atoms with Crippen LogP contribution in [0.5, 0.6) is 11.5 Å². The van der Waals surface area contributed by atoms with Crippen LogP contribution in [-0.2, 0) is 25.6 Å². The summed E-state index contributed by atoms with van der Waals surface area (Å²) in [5.41, 5.74) is 2.89. The molecule has 0 spiro atoms. The molecule has 0 unspecified atom stereocenters. The van der Waals surface area contributed by atoms with Crippen molar-refractivity contribution in [2.45, 2.75) is 151 Å². The molecule has 4 aliphatic rings. The molecule has 0 atom stereocenters. The van der Waals surface area contributed by atoms with Crippen LogP contribution in [0, 0.1) is 34.5 Å². The van der Waals surface area contributed by atoms with Gasteiger partial charge in [-0.05, 0) is 197 Å². The van der Waals surface area contributed by atoms with E-state index in [0.717, 1.165) is 130 Å². The highest BCUT2D eigenvalue weighted by Gasteiger charge is 2.32. The predicted molar refractivity (Wildman–Crippen MR) is 272 cm³/mol. The van der Waals surface area contributed by atoms with E-state index >= 15 is 0 Å². The molecule has 8 rings (SSSR count). The van der Waals surface area contributed by atoms with Crippen LogP contribution in [0.2, 0.25) is 0 Å². The molecule has 2 aliphatic heterocycles. The third-order valence-corrected chi connectivity index (χ3v) is 14.9. The van der Waals surface area contributed by atoms with E-state index in [1.54, 1.807) is 0 Å². The predicted octanol–water partition coefficient (Wildman–Crippen LogP) is 12.8. The number of rotatable bonds is 11.